The summed E-state index contributed by atoms with van der Waals surface area (Å²) in [5, 5.41) is 5.30. The van der Waals surface area contributed by atoms with Crippen LogP contribution in [0.1, 0.15) is 49.9 Å². The van der Waals surface area contributed by atoms with Gasteiger partial charge in [-0.05, 0) is 37.6 Å². The summed E-state index contributed by atoms with van der Waals surface area (Å²) in [5.41, 5.74) is 0.510. The Morgan fingerprint density at radius 1 is 0.962 bits per heavy atom. The normalized spacial score (nSPS) is 10.1. The molecule has 0 saturated heterocycles. The molecular formula is C19H28N2O5. The van der Waals surface area contributed by atoms with Crippen LogP contribution in [0.2, 0.25) is 0 Å². The van der Waals surface area contributed by atoms with Crippen LogP contribution in [0.3, 0.4) is 0 Å². The van der Waals surface area contributed by atoms with E-state index in [0.717, 1.165) is 18.6 Å². The van der Waals surface area contributed by atoms with Crippen LogP contribution in [-0.4, -0.2) is 44.1 Å². The highest BCUT2D eigenvalue weighted by molar-refractivity contribution is 5.94. The van der Waals surface area contributed by atoms with Crippen molar-refractivity contribution in [3.8, 4) is 5.75 Å². The van der Waals surface area contributed by atoms with Gasteiger partial charge in [0.2, 0.25) is 5.91 Å². The van der Waals surface area contributed by atoms with Gasteiger partial charge in [0.05, 0.1) is 19.6 Å². The monoisotopic (exact) mass is 364 g/mol. The topological polar surface area (TPSA) is 93.7 Å². The van der Waals surface area contributed by atoms with Crippen LogP contribution in [0, 0.1) is 0 Å². The predicted molar refractivity (Wildman–Crippen MR) is 98.1 cm³/mol. The maximum absolute atomic E-state index is 12.0. The lowest BCUT2D eigenvalue weighted by molar-refractivity contribution is -0.143. The first-order chi connectivity index (χ1) is 12.6. The van der Waals surface area contributed by atoms with E-state index in [1.807, 2.05) is 0 Å². The number of ether oxygens (including phenoxy) is 2. The highest BCUT2D eigenvalue weighted by Gasteiger charge is 2.08. The van der Waals surface area contributed by atoms with E-state index in [9.17, 15) is 14.4 Å². The summed E-state index contributed by atoms with van der Waals surface area (Å²) in [6.07, 6.45) is 2.34. The quantitative estimate of drug-likeness (QED) is 0.437. The van der Waals surface area contributed by atoms with Crippen molar-refractivity contribution < 1.29 is 23.9 Å². The van der Waals surface area contributed by atoms with Gasteiger partial charge in [-0.1, -0.05) is 13.3 Å². The average molecular weight is 364 g/mol. The van der Waals surface area contributed by atoms with Gasteiger partial charge < -0.3 is 20.1 Å². The number of nitrogens with one attached hydrogen (secondary N) is 2. The first kappa shape index (κ1) is 21.5. The second-order valence-electron chi connectivity index (χ2n) is 5.64. The molecule has 0 atom stereocenters. The number of amides is 2. The van der Waals surface area contributed by atoms with Gasteiger partial charge >= 0.3 is 5.97 Å². The maximum atomic E-state index is 12.0. The Bertz CT molecular complexity index is 572. The number of hydrogen-bond acceptors (Lipinski definition) is 5. The summed E-state index contributed by atoms with van der Waals surface area (Å²) in [5.74, 6) is -0.0853. The zero-order valence-electron chi connectivity index (χ0n) is 15.5. The minimum Gasteiger partial charge on any atom is -0.494 e. The van der Waals surface area contributed by atoms with Gasteiger partial charge in [0.15, 0.2) is 0 Å². The molecule has 2 N–H and O–H groups in total. The number of unbranched alkanes of at least 4 members (excludes halogenated alkanes) is 1. The van der Waals surface area contributed by atoms with Crippen LogP contribution in [0.4, 0.5) is 0 Å². The summed E-state index contributed by atoms with van der Waals surface area (Å²) in [7, 11) is 0. The molecule has 0 aliphatic carbocycles. The van der Waals surface area contributed by atoms with Crippen molar-refractivity contribution in [3.63, 3.8) is 0 Å². The third-order valence-corrected chi connectivity index (χ3v) is 3.48. The van der Waals surface area contributed by atoms with E-state index >= 15 is 0 Å². The first-order valence-electron chi connectivity index (χ1n) is 9.00. The molecule has 0 aliphatic rings. The molecule has 0 fully saturated rings. The maximum Gasteiger partial charge on any atom is 0.307 e. The van der Waals surface area contributed by atoms with Crippen LogP contribution in [0.25, 0.3) is 0 Å². The fourth-order valence-electron chi connectivity index (χ4n) is 2.05. The molecule has 2 amide bonds. The summed E-state index contributed by atoms with van der Waals surface area (Å²) in [6.45, 7) is 5.26. The second-order valence-corrected chi connectivity index (χ2v) is 5.64. The average Bonchev–Trinajstić information content (AvgIpc) is 2.62. The van der Waals surface area contributed by atoms with Crippen molar-refractivity contribution in [2.75, 3.05) is 26.3 Å². The molecule has 26 heavy (non-hydrogen) atoms. The fraction of sp³-hybridized carbons (Fsp3) is 0.526. The minimum absolute atomic E-state index is 0.138. The lowest BCUT2D eigenvalue weighted by Crippen LogP contribution is -2.31. The summed E-state index contributed by atoms with van der Waals surface area (Å²) < 4.78 is 10.3. The van der Waals surface area contributed by atoms with Crippen molar-refractivity contribution in [1.82, 2.24) is 10.6 Å². The van der Waals surface area contributed by atoms with Crippen LogP contribution < -0.4 is 15.4 Å². The number of esters is 1. The first-order valence-corrected chi connectivity index (χ1v) is 9.00. The third-order valence-electron chi connectivity index (χ3n) is 3.48. The van der Waals surface area contributed by atoms with Crippen LogP contribution in [0.15, 0.2) is 24.3 Å². The zero-order valence-corrected chi connectivity index (χ0v) is 15.5. The van der Waals surface area contributed by atoms with Gasteiger partial charge in [-0.15, -0.1) is 0 Å². The van der Waals surface area contributed by atoms with Crippen molar-refractivity contribution in [2.45, 2.75) is 39.5 Å². The van der Waals surface area contributed by atoms with Gasteiger partial charge in [0.25, 0.3) is 5.91 Å². The molecule has 0 aliphatic heterocycles. The minimum atomic E-state index is -0.344. The SMILES string of the molecule is CCCCOc1ccc(C(=O)NCCC(=O)NCCC(=O)OCC)cc1. The Labute approximate surface area is 154 Å². The summed E-state index contributed by atoms with van der Waals surface area (Å²) >= 11 is 0. The van der Waals surface area contributed by atoms with E-state index in [-0.39, 0.29) is 43.7 Å². The standard InChI is InChI=1S/C19H28N2O5/c1-3-5-14-26-16-8-6-15(7-9-16)19(24)21-12-10-17(22)20-13-11-18(23)25-4-2/h6-9H,3-5,10-14H2,1-2H3,(H,20,22)(H,21,24). The molecule has 0 radical (unpaired) electrons. The Morgan fingerprint density at radius 2 is 1.65 bits per heavy atom. The van der Waals surface area contributed by atoms with E-state index in [2.05, 4.69) is 17.6 Å². The van der Waals surface area contributed by atoms with Crippen molar-refractivity contribution >= 4 is 17.8 Å². The van der Waals surface area contributed by atoms with Gasteiger partial charge in [-0.25, -0.2) is 0 Å². The van der Waals surface area contributed by atoms with Gasteiger partial charge in [0, 0.05) is 25.1 Å². The zero-order chi connectivity index (χ0) is 19.2. The van der Waals surface area contributed by atoms with Crippen LogP contribution in [0.5, 0.6) is 5.75 Å². The van der Waals surface area contributed by atoms with Crippen molar-refractivity contribution in [2.24, 2.45) is 0 Å². The Morgan fingerprint density at radius 3 is 2.31 bits per heavy atom. The third kappa shape index (κ3) is 9.05. The molecule has 1 aromatic rings. The van der Waals surface area contributed by atoms with Crippen LogP contribution >= 0.6 is 0 Å². The van der Waals surface area contributed by atoms with Gasteiger partial charge in [-0.2, -0.15) is 0 Å². The van der Waals surface area contributed by atoms with Gasteiger partial charge in [0.1, 0.15) is 5.75 Å². The Balaban J connectivity index is 2.22. The highest BCUT2D eigenvalue weighted by atomic mass is 16.5. The number of rotatable bonds is 12. The molecule has 0 bridgehead atoms. The molecule has 7 nitrogen and oxygen atoms in total. The van der Waals surface area contributed by atoms with Crippen molar-refractivity contribution in [1.29, 1.82) is 0 Å². The second kappa shape index (κ2) is 12.7. The molecular weight excluding hydrogens is 336 g/mol. The molecule has 1 rings (SSSR count). The Hall–Kier alpha value is -2.57. The van der Waals surface area contributed by atoms with Gasteiger partial charge in [-0.3, -0.25) is 14.4 Å². The van der Waals surface area contributed by atoms with E-state index < -0.39 is 0 Å². The molecule has 0 heterocycles. The lowest BCUT2D eigenvalue weighted by atomic mass is 10.2. The molecule has 0 unspecified atom stereocenters. The van der Waals surface area contributed by atoms with Crippen LogP contribution in [-0.2, 0) is 14.3 Å². The molecule has 0 spiro atoms. The Kier molecular flexibility index (Phi) is 10.5. The molecule has 0 aromatic heterocycles. The number of benzene rings is 1. The number of hydrogen-bond donors (Lipinski definition) is 2. The molecule has 0 saturated carbocycles. The van der Waals surface area contributed by atoms with E-state index in [0.29, 0.717) is 18.8 Å². The number of carbonyl (C=O) groups excluding carboxylic acids is 3. The van der Waals surface area contributed by atoms with Crippen molar-refractivity contribution in [3.05, 3.63) is 29.8 Å². The lowest BCUT2D eigenvalue weighted by Gasteiger charge is -2.08. The molecule has 1 aromatic carbocycles. The largest absolute Gasteiger partial charge is 0.494 e. The summed E-state index contributed by atoms with van der Waals surface area (Å²) in [6, 6.07) is 6.89. The van der Waals surface area contributed by atoms with E-state index in [4.69, 9.17) is 9.47 Å². The van der Waals surface area contributed by atoms with E-state index in [1.54, 1.807) is 31.2 Å². The number of carbonyl (C=O) groups is 3. The predicted octanol–water partition coefficient (Wildman–Crippen LogP) is 2.05. The molecule has 144 valence electrons. The molecule has 7 heteroatoms. The summed E-state index contributed by atoms with van der Waals surface area (Å²) in [4.78, 5) is 34.8. The highest BCUT2D eigenvalue weighted by Crippen LogP contribution is 2.12. The smallest absolute Gasteiger partial charge is 0.307 e. The fourth-order valence-corrected chi connectivity index (χ4v) is 2.05. The van der Waals surface area contributed by atoms with E-state index in [1.165, 1.54) is 0 Å².